The van der Waals surface area contributed by atoms with Crippen molar-refractivity contribution in [2.24, 2.45) is 0 Å². The molecule has 5 heteroatoms. The molecule has 0 aromatic heterocycles. The normalized spacial score (nSPS) is 11.0. The van der Waals surface area contributed by atoms with Gasteiger partial charge in [-0.1, -0.05) is 66.7 Å². The van der Waals surface area contributed by atoms with E-state index >= 15 is 0 Å². The molecular weight excluding hydrogens is 443 g/mol. The van der Waals surface area contributed by atoms with Gasteiger partial charge in [-0.15, -0.1) is 0 Å². The predicted molar refractivity (Wildman–Crippen MR) is 138 cm³/mol. The first-order chi connectivity index (χ1) is 16.6. The topological polar surface area (TPSA) is 52.6 Å². The molecule has 170 valence electrons. The second-order valence-electron chi connectivity index (χ2n) is 7.85. The molecule has 0 N–H and O–H groups in total. The second-order valence-corrected chi connectivity index (χ2v) is 11.3. The van der Waals surface area contributed by atoms with Crippen molar-refractivity contribution in [2.75, 3.05) is 7.11 Å². The number of hydrogen-bond acceptors (Lipinski definition) is 4. The van der Waals surface area contributed by atoms with Crippen LogP contribution in [0.4, 0.5) is 0 Å². The van der Waals surface area contributed by atoms with Gasteiger partial charge in [-0.25, -0.2) is 4.79 Å². The number of carbonyl (C=O) groups is 2. The van der Waals surface area contributed by atoms with E-state index in [1.807, 2.05) is 66.7 Å². The summed E-state index contributed by atoms with van der Waals surface area (Å²) in [6.07, 6.45) is 0.560. The smallest absolute Gasteiger partial charge is 0.342 e. The number of carbonyl (C=O) groups excluding carboxylic acids is 2. The Morgan fingerprint density at radius 1 is 0.676 bits per heavy atom. The lowest BCUT2D eigenvalue weighted by Crippen LogP contribution is -2.33. The molecule has 0 saturated carbocycles. The lowest BCUT2D eigenvalue weighted by atomic mass is 10.1. The van der Waals surface area contributed by atoms with Gasteiger partial charge >= 0.3 is 11.9 Å². The summed E-state index contributed by atoms with van der Waals surface area (Å²) >= 11 is 0. The highest BCUT2D eigenvalue weighted by Gasteiger charge is 2.46. The van der Waals surface area contributed by atoms with Crippen molar-refractivity contribution in [3.8, 4) is 5.75 Å². The number of ether oxygens (including phenoxy) is 2. The fraction of sp³-hybridized carbons (Fsp3) is 0.103. The minimum absolute atomic E-state index is 0.212. The first kappa shape index (κ1) is 23.4. The molecule has 4 nitrogen and oxygen atoms in total. The maximum Gasteiger partial charge on any atom is 0.342 e. The zero-order chi connectivity index (χ0) is 24.0. The van der Waals surface area contributed by atoms with Gasteiger partial charge in [0, 0.05) is 12.5 Å². The summed E-state index contributed by atoms with van der Waals surface area (Å²) in [5.41, 5.74) is 1.06. The van der Waals surface area contributed by atoms with Crippen LogP contribution < -0.4 is 20.7 Å². The van der Waals surface area contributed by atoms with E-state index in [1.165, 1.54) is 29.9 Å². The van der Waals surface area contributed by atoms with Crippen molar-refractivity contribution >= 4 is 35.1 Å². The molecule has 0 bridgehead atoms. The summed E-state index contributed by atoms with van der Waals surface area (Å²) in [6.45, 7) is 1.32. The third-order valence-electron chi connectivity index (χ3n) is 5.75. The quantitative estimate of drug-likeness (QED) is 0.220. The van der Waals surface area contributed by atoms with Crippen LogP contribution in [-0.4, -0.2) is 19.0 Å². The number of esters is 2. The molecule has 0 aliphatic carbocycles. The van der Waals surface area contributed by atoms with Crippen molar-refractivity contribution in [3.63, 3.8) is 0 Å². The fourth-order valence-electron chi connectivity index (χ4n) is 4.31. The first-order valence-corrected chi connectivity index (χ1v) is 13.0. The molecule has 0 unspecified atom stereocenters. The highest BCUT2D eigenvalue weighted by molar-refractivity contribution is 7.95. The molecule has 0 heterocycles. The van der Waals surface area contributed by atoms with Gasteiger partial charge in [0.15, 0.2) is 0 Å². The molecule has 0 aliphatic rings. The van der Waals surface area contributed by atoms with Crippen LogP contribution in [-0.2, 0) is 15.7 Å². The largest absolute Gasteiger partial charge is 0.465 e. The van der Waals surface area contributed by atoms with E-state index < -0.39 is 19.2 Å². The van der Waals surface area contributed by atoms with Crippen LogP contribution in [0, 0.1) is 0 Å². The van der Waals surface area contributed by atoms with Crippen LogP contribution in [0.15, 0.2) is 109 Å². The highest BCUT2D eigenvalue weighted by Crippen LogP contribution is 2.58. The Balaban J connectivity index is 2.02. The molecule has 34 heavy (non-hydrogen) atoms. The summed E-state index contributed by atoms with van der Waals surface area (Å²) in [4.78, 5) is 24.7. The van der Waals surface area contributed by atoms with E-state index in [0.29, 0.717) is 6.16 Å². The zero-order valence-electron chi connectivity index (χ0n) is 19.2. The Hall–Kier alpha value is -3.75. The van der Waals surface area contributed by atoms with Crippen LogP contribution in [0.25, 0.3) is 0 Å². The molecule has 4 aromatic rings. The number of hydrogen-bond donors (Lipinski definition) is 0. The monoisotopic (exact) mass is 469 g/mol. The Bertz CT molecular complexity index is 1170. The lowest BCUT2D eigenvalue weighted by Gasteiger charge is -2.28. The fourth-order valence-corrected chi connectivity index (χ4v) is 8.57. The molecule has 0 radical (unpaired) electrons. The Kier molecular flexibility index (Phi) is 7.20. The van der Waals surface area contributed by atoms with Crippen LogP contribution >= 0.6 is 7.26 Å². The SMILES string of the molecule is COC(=O)c1c(C[P+](c2ccccc2)(c2ccccc2)c2ccccc2)cccc1OC(C)=O. The molecular formula is C29H26O4P+. The lowest BCUT2D eigenvalue weighted by molar-refractivity contribution is -0.131. The standard InChI is InChI=1S/C29H26O4P/c1-22(30)33-27-20-12-13-23(28(27)29(31)32-2)21-34(24-14-6-3-7-15-24,25-16-8-4-9-17-25)26-18-10-5-11-19-26/h3-20H,21H2,1-2H3/q+1. The van der Waals surface area contributed by atoms with Crippen LogP contribution in [0.1, 0.15) is 22.8 Å². The van der Waals surface area contributed by atoms with Gasteiger partial charge in [0.2, 0.25) is 0 Å². The van der Waals surface area contributed by atoms with E-state index in [2.05, 4.69) is 36.4 Å². The van der Waals surface area contributed by atoms with Crippen LogP contribution in [0.3, 0.4) is 0 Å². The van der Waals surface area contributed by atoms with Crippen LogP contribution in [0.5, 0.6) is 5.75 Å². The van der Waals surface area contributed by atoms with Gasteiger partial charge in [-0.05, 0) is 42.5 Å². The minimum atomic E-state index is -2.25. The van der Waals surface area contributed by atoms with E-state index in [4.69, 9.17) is 9.47 Å². The van der Waals surface area contributed by atoms with Crippen molar-refractivity contribution in [1.29, 1.82) is 0 Å². The van der Waals surface area contributed by atoms with Crippen molar-refractivity contribution in [3.05, 3.63) is 120 Å². The van der Waals surface area contributed by atoms with Gasteiger partial charge in [0.25, 0.3) is 0 Å². The van der Waals surface area contributed by atoms with Gasteiger partial charge < -0.3 is 9.47 Å². The van der Waals surface area contributed by atoms with E-state index in [9.17, 15) is 9.59 Å². The van der Waals surface area contributed by atoms with Crippen molar-refractivity contribution in [2.45, 2.75) is 13.1 Å². The zero-order valence-corrected chi connectivity index (χ0v) is 20.1. The van der Waals surface area contributed by atoms with Gasteiger partial charge in [-0.2, -0.15) is 0 Å². The molecule has 4 aromatic carbocycles. The van der Waals surface area contributed by atoms with Crippen LogP contribution in [0.2, 0.25) is 0 Å². The van der Waals surface area contributed by atoms with E-state index in [1.54, 1.807) is 6.07 Å². The molecule has 4 rings (SSSR count). The predicted octanol–water partition coefficient (Wildman–Crippen LogP) is 4.89. The van der Waals surface area contributed by atoms with Crippen molar-refractivity contribution in [1.82, 2.24) is 0 Å². The Morgan fingerprint density at radius 2 is 1.15 bits per heavy atom. The average molecular weight is 469 g/mol. The molecule has 0 saturated heterocycles. The molecule has 0 atom stereocenters. The van der Waals surface area contributed by atoms with Gasteiger partial charge in [-0.3, -0.25) is 4.79 Å². The van der Waals surface area contributed by atoms with Gasteiger partial charge in [0.1, 0.15) is 34.5 Å². The molecule has 0 amide bonds. The molecule has 0 aliphatic heterocycles. The van der Waals surface area contributed by atoms with E-state index in [-0.39, 0.29) is 11.3 Å². The summed E-state index contributed by atoms with van der Waals surface area (Å²) in [5.74, 6) is -0.805. The third kappa shape index (κ3) is 4.64. The number of methoxy groups -OCH3 is 1. The summed E-state index contributed by atoms with van der Waals surface area (Å²) in [5, 5.41) is 3.59. The number of rotatable bonds is 7. The number of benzene rings is 4. The average Bonchev–Trinajstić information content (AvgIpc) is 2.88. The second kappa shape index (κ2) is 10.5. The summed E-state index contributed by atoms with van der Waals surface area (Å²) in [7, 11) is -0.917. The maximum atomic E-state index is 12.9. The molecule has 0 fully saturated rings. The molecule has 0 spiro atoms. The summed E-state index contributed by atoms with van der Waals surface area (Å²) in [6, 6.07) is 36.6. The third-order valence-corrected chi connectivity index (χ3v) is 10.1. The van der Waals surface area contributed by atoms with E-state index in [0.717, 1.165) is 5.56 Å². The van der Waals surface area contributed by atoms with Crippen molar-refractivity contribution < 1.29 is 19.1 Å². The highest BCUT2D eigenvalue weighted by atomic mass is 31.2. The summed E-state index contributed by atoms with van der Waals surface area (Å²) < 4.78 is 10.5. The first-order valence-electron chi connectivity index (χ1n) is 11.0. The Labute approximate surface area is 200 Å². The van der Waals surface area contributed by atoms with Gasteiger partial charge in [0.05, 0.1) is 13.3 Å². The Morgan fingerprint density at radius 3 is 1.56 bits per heavy atom. The minimum Gasteiger partial charge on any atom is -0.465 e. The maximum absolute atomic E-state index is 12.9.